The van der Waals surface area contributed by atoms with Gasteiger partial charge in [-0.3, -0.25) is 0 Å². The van der Waals surface area contributed by atoms with Gasteiger partial charge in [0, 0.05) is 3.57 Å². The first kappa shape index (κ1) is 7.06. The van der Waals surface area contributed by atoms with Crippen LogP contribution in [-0.2, 0) is 0 Å². The van der Waals surface area contributed by atoms with Crippen LogP contribution in [0, 0.1) is 17.4 Å². The van der Waals surface area contributed by atoms with Gasteiger partial charge in [-0.25, -0.2) is 0 Å². The Morgan fingerprint density at radius 3 is 2.44 bits per heavy atom. The molecule has 0 nitrogen and oxygen atoms in total. The third kappa shape index (κ3) is 1.97. The highest BCUT2D eigenvalue weighted by Gasteiger charge is 1.88. The van der Waals surface area contributed by atoms with Crippen LogP contribution in [0.2, 0.25) is 0 Å². The highest BCUT2D eigenvalue weighted by atomic mass is 127. The quantitative estimate of drug-likeness (QED) is 0.602. The molecule has 1 aromatic rings. The Kier molecular flexibility index (Phi) is 2.11. The van der Waals surface area contributed by atoms with Crippen molar-refractivity contribution in [3.05, 3.63) is 39.8 Å². The average Bonchev–Trinajstić information content (AvgIpc) is 1.59. The van der Waals surface area contributed by atoms with E-state index in [0.717, 1.165) is 5.56 Å². The topological polar surface area (TPSA) is 0 Å². The summed E-state index contributed by atoms with van der Waals surface area (Å²) in [6.45, 7) is 5.92. The zero-order valence-electron chi connectivity index (χ0n) is 5.32. The summed E-state index contributed by atoms with van der Waals surface area (Å²) in [5.74, 6) is 0. The molecule has 1 rings (SSSR count). The van der Waals surface area contributed by atoms with Crippen LogP contribution in [0.5, 0.6) is 0 Å². The van der Waals surface area contributed by atoms with Crippen molar-refractivity contribution in [2.45, 2.75) is 6.92 Å². The second-order valence-corrected chi connectivity index (χ2v) is 3.38. The molecule has 47 valence electrons. The van der Waals surface area contributed by atoms with Gasteiger partial charge in [-0.05, 0) is 59.7 Å². The van der Waals surface area contributed by atoms with Gasteiger partial charge >= 0.3 is 0 Å². The number of hydrogen-bond donors (Lipinski definition) is 0. The summed E-state index contributed by atoms with van der Waals surface area (Å²) in [5, 5.41) is 0. The fraction of sp³-hybridized carbons (Fsp3) is 0.125. The molecule has 0 aliphatic carbocycles. The molecule has 0 unspecified atom stereocenters. The van der Waals surface area contributed by atoms with Crippen LogP contribution in [-0.4, -0.2) is 0 Å². The van der Waals surface area contributed by atoms with Crippen LogP contribution < -0.4 is 0 Å². The lowest BCUT2D eigenvalue weighted by Gasteiger charge is -1.95. The molecule has 0 N–H and O–H groups in total. The van der Waals surface area contributed by atoms with Gasteiger partial charge in [-0.15, -0.1) is 0 Å². The summed E-state index contributed by atoms with van der Waals surface area (Å²) in [6.07, 6.45) is 0. The van der Waals surface area contributed by atoms with Crippen molar-refractivity contribution in [3.8, 4) is 0 Å². The maximum Gasteiger partial charge on any atom is 0.0135 e. The monoisotopic (exact) mass is 231 g/mol. The number of aryl methyl sites for hydroxylation is 1. The predicted octanol–water partition coefficient (Wildman–Crippen LogP) is 2.78. The van der Waals surface area contributed by atoms with Crippen molar-refractivity contribution < 1.29 is 0 Å². The Balaban J connectivity index is 3.17. The molecule has 0 heterocycles. The minimum Gasteiger partial charge on any atom is -0.0560 e. The van der Waals surface area contributed by atoms with Crippen LogP contribution >= 0.6 is 22.6 Å². The smallest absolute Gasteiger partial charge is 0.0135 e. The standard InChI is InChI=1S/C8H8I/c1-6-3-7(2)5-8(9)4-6/h3-5H,1H2,2H3. The van der Waals surface area contributed by atoms with E-state index >= 15 is 0 Å². The number of halogens is 1. The first-order valence-corrected chi connectivity index (χ1v) is 3.85. The van der Waals surface area contributed by atoms with Crippen molar-refractivity contribution in [2.24, 2.45) is 0 Å². The van der Waals surface area contributed by atoms with Gasteiger partial charge in [0.05, 0.1) is 0 Å². The predicted molar refractivity (Wildman–Crippen MR) is 48.4 cm³/mol. The van der Waals surface area contributed by atoms with Crippen molar-refractivity contribution >= 4 is 22.6 Å². The number of rotatable bonds is 0. The normalized spacial score (nSPS) is 9.67. The lowest BCUT2D eigenvalue weighted by atomic mass is 10.2. The summed E-state index contributed by atoms with van der Waals surface area (Å²) >= 11 is 2.29. The largest absolute Gasteiger partial charge is 0.0560 e. The van der Waals surface area contributed by atoms with Gasteiger partial charge in [-0.2, -0.15) is 0 Å². The van der Waals surface area contributed by atoms with Crippen molar-refractivity contribution in [1.29, 1.82) is 0 Å². The Bertz CT molecular complexity index is 165. The van der Waals surface area contributed by atoms with Crippen molar-refractivity contribution in [2.75, 3.05) is 0 Å². The Labute approximate surface area is 69.4 Å². The molecule has 1 aromatic carbocycles. The fourth-order valence-corrected chi connectivity index (χ4v) is 1.70. The first-order chi connectivity index (χ1) is 4.18. The summed E-state index contributed by atoms with van der Waals surface area (Å²) in [5.41, 5.74) is 2.38. The highest BCUT2D eigenvalue weighted by Crippen LogP contribution is 2.09. The van der Waals surface area contributed by atoms with Crippen LogP contribution in [0.1, 0.15) is 11.1 Å². The van der Waals surface area contributed by atoms with E-state index in [4.69, 9.17) is 0 Å². The highest BCUT2D eigenvalue weighted by molar-refractivity contribution is 14.1. The molecule has 0 bridgehead atoms. The van der Waals surface area contributed by atoms with Crippen molar-refractivity contribution in [1.82, 2.24) is 0 Å². The minimum atomic E-state index is 1.10. The molecular formula is C8H8I. The summed E-state index contributed by atoms with van der Waals surface area (Å²) in [4.78, 5) is 0. The second kappa shape index (κ2) is 2.69. The molecule has 1 heteroatoms. The zero-order valence-corrected chi connectivity index (χ0v) is 7.47. The lowest BCUT2D eigenvalue weighted by molar-refractivity contribution is 1.42. The van der Waals surface area contributed by atoms with E-state index < -0.39 is 0 Å². The molecule has 9 heavy (non-hydrogen) atoms. The summed E-state index contributed by atoms with van der Waals surface area (Å²) in [7, 11) is 0. The maximum absolute atomic E-state index is 3.84. The lowest BCUT2D eigenvalue weighted by Crippen LogP contribution is -1.77. The molecule has 0 saturated heterocycles. The van der Waals surface area contributed by atoms with Crippen LogP contribution in [0.3, 0.4) is 0 Å². The Morgan fingerprint density at radius 1 is 1.33 bits per heavy atom. The van der Waals surface area contributed by atoms with E-state index in [1.807, 2.05) is 0 Å². The van der Waals surface area contributed by atoms with Gasteiger partial charge in [0.2, 0.25) is 0 Å². The summed E-state index contributed by atoms with van der Waals surface area (Å²) < 4.78 is 1.26. The molecule has 0 saturated carbocycles. The summed E-state index contributed by atoms with van der Waals surface area (Å²) in [6, 6.07) is 6.27. The SMILES string of the molecule is [CH2]c1cc(C)cc(I)c1. The molecular weight excluding hydrogens is 223 g/mol. The number of hydrogen-bond acceptors (Lipinski definition) is 0. The molecule has 0 atom stereocenters. The Hall–Kier alpha value is -0.0500. The maximum atomic E-state index is 3.84. The molecule has 0 aromatic heterocycles. The molecule has 0 spiro atoms. The third-order valence-corrected chi connectivity index (χ3v) is 1.72. The van der Waals surface area contributed by atoms with Gasteiger partial charge < -0.3 is 0 Å². The van der Waals surface area contributed by atoms with E-state index in [2.05, 4.69) is 54.6 Å². The molecule has 1 radical (unpaired) electrons. The minimum absolute atomic E-state index is 1.10. The number of benzene rings is 1. The average molecular weight is 231 g/mol. The fourth-order valence-electron chi connectivity index (χ4n) is 0.812. The molecule has 0 amide bonds. The van der Waals surface area contributed by atoms with E-state index in [1.54, 1.807) is 0 Å². The van der Waals surface area contributed by atoms with Crippen molar-refractivity contribution in [3.63, 3.8) is 0 Å². The van der Waals surface area contributed by atoms with Gasteiger partial charge in [0.15, 0.2) is 0 Å². The van der Waals surface area contributed by atoms with Gasteiger partial charge in [0.25, 0.3) is 0 Å². The van der Waals surface area contributed by atoms with E-state index in [-0.39, 0.29) is 0 Å². The molecule has 0 aliphatic heterocycles. The van der Waals surface area contributed by atoms with E-state index in [0.29, 0.717) is 0 Å². The van der Waals surface area contributed by atoms with Gasteiger partial charge in [-0.1, -0.05) is 6.07 Å². The third-order valence-electron chi connectivity index (χ3n) is 1.10. The van der Waals surface area contributed by atoms with E-state index in [1.165, 1.54) is 9.13 Å². The van der Waals surface area contributed by atoms with Crippen LogP contribution in [0.4, 0.5) is 0 Å². The van der Waals surface area contributed by atoms with Gasteiger partial charge in [0.1, 0.15) is 0 Å². The van der Waals surface area contributed by atoms with E-state index in [9.17, 15) is 0 Å². The second-order valence-electron chi connectivity index (χ2n) is 2.14. The zero-order chi connectivity index (χ0) is 6.85. The Morgan fingerprint density at radius 2 is 2.00 bits per heavy atom. The molecule has 0 aliphatic rings. The van der Waals surface area contributed by atoms with Crippen LogP contribution in [0.15, 0.2) is 18.2 Å². The van der Waals surface area contributed by atoms with Crippen LogP contribution in [0.25, 0.3) is 0 Å². The first-order valence-electron chi connectivity index (χ1n) is 2.77. The molecule has 0 fully saturated rings.